The summed E-state index contributed by atoms with van der Waals surface area (Å²) in [6, 6.07) is 69.9. The molecule has 0 saturated carbocycles. The minimum atomic E-state index is 0.779. The summed E-state index contributed by atoms with van der Waals surface area (Å²) in [5.41, 5.74) is 15.1. The van der Waals surface area contributed by atoms with Crippen molar-refractivity contribution < 1.29 is 13.6 Å². The quantitative estimate of drug-likeness (QED) is 0.176. The van der Waals surface area contributed by atoms with Crippen molar-refractivity contribution in [2.75, 3.05) is 4.90 Å². The molecule has 0 aliphatic carbocycles. The number of nitrogens with zero attached hydrogens (tertiary/aromatic N) is 1. The number of para-hydroxylation sites is 3. The van der Waals surface area contributed by atoms with Crippen LogP contribution >= 0.6 is 0 Å². The van der Waals surface area contributed by atoms with Gasteiger partial charge in [0.15, 0.2) is 11.5 Å². The Kier molecular flexibility index (Phi) is 7.20. The minimum absolute atomic E-state index is 0.779. The Morgan fingerprint density at radius 1 is 0.328 bits per heavy atom. The normalized spacial score (nSPS) is 12.2. The summed E-state index contributed by atoms with van der Waals surface area (Å²) in [7, 11) is 0. The van der Waals surface area contributed by atoms with Crippen LogP contribution in [0.5, 0.6) is 11.5 Å². The van der Waals surface area contributed by atoms with Gasteiger partial charge in [-0.2, -0.15) is 0 Å². The third-order valence-corrected chi connectivity index (χ3v) is 11.5. The van der Waals surface area contributed by atoms with Gasteiger partial charge < -0.3 is 18.5 Å². The topological polar surface area (TPSA) is 38.8 Å². The van der Waals surface area contributed by atoms with E-state index in [9.17, 15) is 0 Å². The molecule has 0 saturated heterocycles. The highest BCUT2D eigenvalue weighted by atomic mass is 16.5. The maximum atomic E-state index is 6.75. The van der Waals surface area contributed by atoms with Crippen LogP contribution in [0.1, 0.15) is 0 Å². The molecule has 3 heterocycles. The number of anilines is 3. The molecule has 0 spiro atoms. The summed E-state index contributed by atoms with van der Waals surface area (Å²) < 4.78 is 20.2. The van der Waals surface area contributed by atoms with Crippen LogP contribution in [0.15, 0.2) is 209 Å². The zero-order chi connectivity index (χ0) is 38.2. The maximum absolute atomic E-state index is 6.75. The number of benzene rings is 9. The average Bonchev–Trinajstić information content (AvgIpc) is 3.88. The molecule has 0 radical (unpaired) electrons. The second-order valence-electron chi connectivity index (χ2n) is 14.8. The number of rotatable bonds is 5. The monoisotopic (exact) mass is 743 g/mol. The fourth-order valence-electron chi connectivity index (χ4n) is 8.82. The van der Waals surface area contributed by atoms with Crippen LogP contribution in [0, 0.1) is 0 Å². The highest BCUT2D eigenvalue weighted by Gasteiger charge is 2.29. The lowest BCUT2D eigenvalue weighted by atomic mass is 9.93. The van der Waals surface area contributed by atoms with Crippen molar-refractivity contribution in [3.8, 4) is 56.0 Å². The van der Waals surface area contributed by atoms with Gasteiger partial charge in [-0.25, -0.2) is 0 Å². The Morgan fingerprint density at radius 3 is 1.22 bits per heavy atom. The molecule has 11 aromatic rings. The fraction of sp³-hybridized carbons (Fsp3) is 0. The number of furan rings is 2. The van der Waals surface area contributed by atoms with Gasteiger partial charge in [-0.15, -0.1) is 0 Å². The Bertz CT molecular complexity index is 3160. The van der Waals surface area contributed by atoms with Crippen LogP contribution in [0.4, 0.5) is 17.1 Å². The molecular weight excluding hydrogens is 711 g/mol. The largest absolute Gasteiger partial charge is 0.455 e. The molecule has 4 nitrogen and oxygen atoms in total. The van der Waals surface area contributed by atoms with Crippen molar-refractivity contribution in [1.82, 2.24) is 0 Å². The molecule has 0 atom stereocenters. The molecule has 272 valence electrons. The van der Waals surface area contributed by atoms with Crippen molar-refractivity contribution >= 4 is 60.9 Å². The Labute approximate surface area is 334 Å². The molecule has 0 N–H and O–H groups in total. The van der Waals surface area contributed by atoms with Crippen molar-refractivity contribution in [3.05, 3.63) is 200 Å². The summed E-state index contributed by atoms with van der Waals surface area (Å²) in [4.78, 5) is 2.31. The van der Waals surface area contributed by atoms with Gasteiger partial charge in [0.25, 0.3) is 0 Å². The van der Waals surface area contributed by atoms with Gasteiger partial charge >= 0.3 is 0 Å². The maximum Gasteiger partial charge on any atom is 0.151 e. The van der Waals surface area contributed by atoms with E-state index in [1.165, 1.54) is 0 Å². The molecule has 4 heteroatoms. The summed E-state index contributed by atoms with van der Waals surface area (Å²) in [5.74, 6) is 1.56. The minimum Gasteiger partial charge on any atom is -0.455 e. The highest BCUT2D eigenvalue weighted by Crippen LogP contribution is 2.54. The number of hydrogen-bond acceptors (Lipinski definition) is 4. The smallest absolute Gasteiger partial charge is 0.151 e. The van der Waals surface area contributed by atoms with E-state index in [0.29, 0.717) is 0 Å². The SMILES string of the molecule is c1ccc(-c2ccc(-c3ccc4c(c3)N(c3ccccc3)c3cc(-c5ccc(-c6ccccc6)c6c5oc5ccccc56)ccc3O4)c3oc4ccccc4c23)cc1. The fourth-order valence-corrected chi connectivity index (χ4v) is 8.82. The first-order valence-electron chi connectivity index (χ1n) is 19.6. The molecular formula is C54H33NO3. The molecule has 0 unspecified atom stereocenters. The molecule has 2 aromatic heterocycles. The lowest BCUT2D eigenvalue weighted by Crippen LogP contribution is -2.16. The lowest BCUT2D eigenvalue weighted by Gasteiger charge is -2.33. The average molecular weight is 744 g/mol. The Morgan fingerprint density at radius 2 is 0.741 bits per heavy atom. The van der Waals surface area contributed by atoms with Crippen LogP contribution in [-0.2, 0) is 0 Å². The van der Waals surface area contributed by atoms with E-state index in [-0.39, 0.29) is 0 Å². The first-order chi connectivity index (χ1) is 28.8. The number of ether oxygens (including phenoxy) is 1. The van der Waals surface area contributed by atoms with Gasteiger partial charge in [0.2, 0.25) is 0 Å². The third kappa shape index (κ3) is 5.02. The Hall–Kier alpha value is -7.82. The van der Waals surface area contributed by atoms with Crippen LogP contribution in [0.3, 0.4) is 0 Å². The Balaban J connectivity index is 1.04. The second-order valence-corrected chi connectivity index (χ2v) is 14.8. The molecule has 0 fully saturated rings. The third-order valence-electron chi connectivity index (χ3n) is 11.5. The molecule has 1 aliphatic rings. The second kappa shape index (κ2) is 12.9. The van der Waals surface area contributed by atoms with E-state index in [0.717, 1.165) is 117 Å². The van der Waals surface area contributed by atoms with E-state index < -0.39 is 0 Å². The molecule has 58 heavy (non-hydrogen) atoms. The predicted octanol–water partition coefficient (Wildman–Crippen LogP) is 15.7. The van der Waals surface area contributed by atoms with Gasteiger partial charge in [-0.1, -0.05) is 140 Å². The molecule has 0 bridgehead atoms. The van der Waals surface area contributed by atoms with Crippen molar-refractivity contribution in [2.24, 2.45) is 0 Å². The number of fused-ring (bicyclic) bond motifs is 8. The zero-order valence-electron chi connectivity index (χ0n) is 31.2. The van der Waals surface area contributed by atoms with Gasteiger partial charge in [0.05, 0.1) is 11.4 Å². The molecule has 12 rings (SSSR count). The van der Waals surface area contributed by atoms with Gasteiger partial charge in [-0.05, 0) is 94.0 Å². The molecule has 9 aromatic carbocycles. The first-order valence-corrected chi connectivity index (χ1v) is 19.6. The van der Waals surface area contributed by atoms with E-state index in [4.69, 9.17) is 13.6 Å². The first kappa shape index (κ1) is 32.4. The zero-order valence-corrected chi connectivity index (χ0v) is 31.2. The van der Waals surface area contributed by atoms with E-state index in [2.05, 4.69) is 193 Å². The van der Waals surface area contributed by atoms with E-state index >= 15 is 0 Å². The van der Waals surface area contributed by atoms with Crippen molar-refractivity contribution in [3.63, 3.8) is 0 Å². The molecule has 1 aliphatic heterocycles. The summed E-state index contributed by atoms with van der Waals surface area (Å²) >= 11 is 0. The van der Waals surface area contributed by atoms with Gasteiger partial charge in [-0.3, -0.25) is 0 Å². The number of hydrogen-bond donors (Lipinski definition) is 0. The van der Waals surface area contributed by atoms with Crippen molar-refractivity contribution in [2.45, 2.75) is 0 Å². The van der Waals surface area contributed by atoms with Crippen LogP contribution in [-0.4, -0.2) is 0 Å². The summed E-state index contributed by atoms with van der Waals surface area (Å²) in [6.45, 7) is 0. The van der Waals surface area contributed by atoms with Crippen LogP contribution < -0.4 is 9.64 Å². The lowest BCUT2D eigenvalue weighted by molar-refractivity contribution is 0.477. The standard InChI is InChI=1S/C54H33NO3/c1-4-14-34(15-5-1)39-26-28-41(53-51(39)43-20-10-12-22-47(43)57-53)36-24-30-49-45(32-36)55(38-18-8-3-9-19-38)46-33-37(25-31-50(46)56-49)42-29-27-40(35-16-6-2-7-17-35)52-44-21-11-13-23-48(44)58-54(42)52/h1-33H. The van der Waals surface area contributed by atoms with E-state index in [1.807, 2.05) is 12.1 Å². The predicted molar refractivity (Wildman–Crippen MR) is 237 cm³/mol. The van der Waals surface area contributed by atoms with Crippen LogP contribution in [0.2, 0.25) is 0 Å². The van der Waals surface area contributed by atoms with Crippen LogP contribution in [0.25, 0.3) is 88.4 Å². The van der Waals surface area contributed by atoms with Gasteiger partial charge in [0.1, 0.15) is 22.3 Å². The van der Waals surface area contributed by atoms with Gasteiger partial charge in [0, 0.05) is 38.4 Å². The highest BCUT2D eigenvalue weighted by molar-refractivity contribution is 6.17. The van der Waals surface area contributed by atoms with Crippen molar-refractivity contribution in [1.29, 1.82) is 0 Å². The summed E-state index contributed by atoms with van der Waals surface area (Å²) in [6.07, 6.45) is 0. The molecule has 0 amide bonds. The summed E-state index contributed by atoms with van der Waals surface area (Å²) in [5, 5.41) is 4.42. The van der Waals surface area contributed by atoms with E-state index in [1.54, 1.807) is 0 Å².